The molecule has 7 aliphatic rings. The zero-order valence-corrected chi connectivity index (χ0v) is 33.7. The fourth-order valence-electron chi connectivity index (χ4n) is 10.9. The number of benzene rings is 1. The van der Waals surface area contributed by atoms with Crippen molar-refractivity contribution in [2.75, 3.05) is 32.1 Å². The molecule has 15 heteroatoms. The molecule has 3 saturated heterocycles. The second-order valence-electron chi connectivity index (χ2n) is 16.9. The van der Waals surface area contributed by atoms with Gasteiger partial charge in [-0.15, -0.1) is 0 Å². The van der Waals surface area contributed by atoms with E-state index in [1.165, 1.54) is 17.1 Å². The van der Waals surface area contributed by atoms with Crippen molar-refractivity contribution < 1.29 is 58.8 Å². The summed E-state index contributed by atoms with van der Waals surface area (Å²) in [6.45, 7) is 4.44. The molecule has 1 spiro atoms. The van der Waals surface area contributed by atoms with Gasteiger partial charge in [-0.25, -0.2) is 0 Å². The van der Waals surface area contributed by atoms with Crippen LogP contribution in [0.3, 0.4) is 0 Å². The molecule has 56 heavy (non-hydrogen) atoms. The summed E-state index contributed by atoms with van der Waals surface area (Å²) >= 11 is 0. The highest BCUT2D eigenvalue weighted by atomic mass is 33.1. The van der Waals surface area contributed by atoms with Gasteiger partial charge in [-0.3, -0.25) is 4.79 Å². The number of fused-ring (bicyclic) bond motifs is 14. The molecule has 14 atom stereocenters. The average Bonchev–Trinajstić information content (AvgIpc) is 3.65. The first-order valence-electron chi connectivity index (χ1n) is 20.4. The Morgan fingerprint density at radius 1 is 1.11 bits per heavy atom. The van der Waals surface area contributed by atoms with Crippen LogP contribution in [0.25, 0.3) is 11.0 Å². The number of rotatable bonds is 5. The second kappa shape index (κ2) is 16.2. The molecule has 4 aliphatic heterocycles. The standard InChI is InChI=1S/C41H57NO12S2/c1-3-50-32(46)12-9-24-17-25-13-15-51-34(25)36-35(24)53-38-41(49)33-26(7-10-29(44)27(33)20-43)19-39(48,37(41)47)40(54-38)21-55-56-30-11-8-23(18-28(30)42-14-16-52-36)22(2)5-4-6-31(40)45/h7,10,13,15,17,22-23,26-31,33,37-38,42-45,47-49H,3-6,8-9,11-12,14,16,18-21H2,1-2H3. The Balaban J connectivity index is 1.33. The van der Waals surface area contributed by atoms with Gasteiger partial charge in [-0.2, -0.15) is 0 Å². The molecule has 5 heterocycles. The van der Waals surface area contributed by atoms with Gasteiger partial charge in [0.2, 0.25) is 12.0 Å². The number of nitrogens with one attached hydrogen (secondary N) is 1. The topological polar surface area (TPSA) is 201 Å². The van der Waals surface area contributed by atoms with E-state index in [4.69, 9.17) is 23.4 Å². The summed E-state index contributed by atoms with van der Waals surface area (Å²) in [6.07, 6.45) is 3.56. The Kier molecular flexibility index (Phi) is 11.8. The molecule has 310 valence electrons. The maximum absolute atomic E-state index is 13.2. The first kappa shape index (κ1) is 40.7. The number of hydrogen-bond donors (Lipinski definition) is 7. The molecule has 7 bridgehead atoms. The largest absolute Gasteiger partial charge is 0.485 e. The summed E-state index contributed by atoms with van der Waals surface area (Å²) in [4.78, 5) is 12.7. The molecular formula is C41H57NO12S2. The van der Waals surface area contributed by atoms with E-state index in [0.29, 0.717) is 41.3 Å². The highest BCUT2D eigenvalue weighted by Crippen LogP contribution is 2.61. The third kappa shape index (κ3) is 6.79. The number of aliphatic hydroxyl groups is 6. The quantitative estimate of drug-likeness (QED) is 0.131. The fourth-order valence-corrected chi connectivity index (χ4v) is 14.3. The molecule has 3 aliphatic carbocycles. The minimum atomic E-state index is -2.43. The maximum atomic E-state index is 13.2. The summed E-state index contributed by atoms with van der Waals surface area (Å²) in [5.74, 6) is -1.77. The van der Waals surface area contributed by atoms with Crippen molar-refractivity contribution in [3.63, 3.8) is 0 Å². The average molecular weight is 820 g/mol. The third-order valence-corrected chi connectivity index (χ3v) is 16.9. The Hall–Kier alpha value is -2.05. The molecule has 13 nitrogen and oxygen atoms in total. The van der Waals surface area contributed by atoms with Crippen LogP contribution in [-0.2, 0) is 20.7 Å². The first-order chi connectivity index (χ1) is 26.9. The van der Waals surface area contributed by atoms with Crippen molar-refractivity contribution in [3.05, 3.63) is 36.1 Å². The summed E-state index contributed by atoms with van der Waals surface area (Å²) in [5, 5.41) is 78.0. The summed E-state index contributed by atoms with van der Waals surface area (Å²) in [7, 11) is 3.18. The van der Waals surface area contributed by atoms with Gasteiger partial charge < -0.3 is 59.3 Å². The summed E-state index contributed by atoms with van der Waals surface area (Å²) in [6, 6.07) is 3.77. The number of ether oxygens (including phenoxy) is 4. The summed E-state index contributed by atoms with van der Waals surface area (Å²) < 4.78 is 31.8. The van der Waals surface area contributed by atoms with Gasteiger partial charge >= 0.3 is 5.97 Å². The lowest BCUT2D eigenvalue weighted by molar-refractivity contribution is -0.424. The number of aryl methyl sites for hydroxylation is 1. The van der Waals surface area contributed by atoms with E-state index in [2.05, 4.69) is 12.2 Å². The predicted molar refractivity (Wildman–Crippen MR) is 210 cm³/mol. The lowest BCUT2D eigenvalue weighted by atomic mass is 9.50. The van der Waals surface area contributed by atoms with Crippen molar-refractivity contribution in [2.45, 2.75) is 124 Å². The van der Waals surface area contributed by atoms with E-state index >= 15 is 0 Å². The molecule has 7 N–H and O–H groups in total. The fraction of sp³-hybridized carbons (Fsp3) is 0.732. The van der Waals surface area contributed by atoms with Gasteiger partial charge in [-0.1, -0.05) is 53.5 Å². The van der Waals surface area contributed by atoms with Gasteiger partial charge in [0.1, 0.15) is 23.9 Å². The van der Waals surface area contributed by atoms with Gasteiger partial charge in [-0.05, 0) is 80.9 Å². The minimum Gasteiger partial charge on any atom is -0.485 e. The van der Waals surface area contributed by atoms with E-state index in [-0.39, 0.29) is 67.4 Å². The lowest BCUT2D eigenvalue weighted by Crippen LogP contribution is -2.86. The van der Waals surface area contributed by atoms with Crippen molar-refractivity contribution in [2.24, 2.45) is 29.6 Å². The van der Waals surface area contributed by atoms with Gasteiger partial charge in [0, 0.05) is 53.8 Å². The Morgan fingerprint density at radius 2 is 1.95 bits per heavy atom. The van der Waals surface area contributed by atoms with Crippen LogP contribution in [0.1, 0.15) is 70.8 Å². The Morgan fingerprint density at radius 3 is 2.75 bits per heavy atom. The molecule has 0 amide bonds. The third-order valence-electron chi connectivity index (χ3n) is 13.9. The van der Waals surface area contributed by atoms with Gasteiger partial charge in [0.15, 0.2) is 16.9 Å². The zero-order chi connectivity index (χ0) is 39.4. The molecule has 5 fully saturated rings. The first-order valence-corrected chi connectivity index (χ1v) is 22.8. The van der Waals surface area contributed by atoms with E-state index in [9.17, 15) is 35.4 Å². The van der Waals surface area contributed by atoms with Crippen molar-refractivity contribution >= 4 is 38.5 Å². The van der Waals surface area contributed by atoms with Crippen LogP contribution in [0.2, 0.25) is 0 Å². The van der Waals surface area contributed by atoms with Crippen molar-refractivity contribution in [3.8, 4) is 11.5 Å². The second-order valence-corrected chi connectivity index (χ2v) is 19.5. The Bertz CT molecular complexity index is 1760. The van der Waals surface area contributed by atoms with Crippen LogP contribution in [0.4, 0.5) is 0 Å². The molecule has 1 aromatic carbocycles. The number of carbonyl (C=O) groups excluding carboxylic acids is 1. The van der Waals surface area contributed by atoms with Crippen molar-refractivity contribution in [1.82, 2.24) is 5.32 Å². The number of esters is 1. The highest BCUT2D eigenvalue weighted by Gasteiger charge is 2.78. The lowest BCUT2D eigenvalue weighted by Gasteiger charge is -2.67. The molecule has 14 unspecified atom stereocenters. The van der Waals surface area contributed by atoms with E-state index in [0.717, 1.165) is 25.7 Å². The molecule has 1 aromatic heterocycles. The summed E-state index contributed by atoms with van der Waals surface area (Å²) in [5.41, 5.74) is -5.57. The highest BCUT2D eigenvalue weighted by molar-refractivity contribution is 8.77. The molecule has 2 saturated carbocycles. The van der Waals surface area contributed by atoms with Crippen LogP contribution in [0, 0.1) is 29.6 Å². The van der Waals surface area contributed by atoms with E-state index < -0.39 is 71.7 Å². The smallest absolute Gasteiger partial charge is 0.306 e. The van der Waals surface area contributed by atoms with Crippen LogP contribution in [0.5, 0.6) is 11.5 Å². The predicted octanol–water partition coefficient (Wildman–Crippen LogP) is 3.48. The van der Waals surface area contributed by atoms with Crippen LogP contribution >= 0.6 is 21.6 Å². The monoisotopic (exact) mass is 819 g/mol. The number of hydrogen-bond acceptors (Lipinski definition) is 15. The van der Waals surface area contributed by atoms with Gasteiger partial charge in [0.05, 0.1) is 25.1 Å². The van der Waals surface area contributed by atoms with Crippen LogP contribution in [0.15, 0.2) is 35.0 Å². The number of furan rings is 1. The molecule has 9 rings (SSSR count). The molecule has 0 radical (unpaired) electrons. The van der Waals surface area contributed by atoms with E-state index in [1.54, 1.807) is 35.9 Å². The molecular weight excluding hydrogens is 763 g/mol. The number of aliphatic hydroxyl groups excluding tert-OH is 4. The van der Waals surface area contributed by atoms with Crippen LogP contribution < -0.4 is 14.8 Å². The number of allylic oxidation sites excluding steroid dienone is 1. The van der Waals surface area contributed by atoms with E-state index in [1.807, 2.05) is 6.07 Å². The Labute approximate surface area is 335 Å². The normalized spacial score (nSPS) is 42.6. The minimum absolute atomic E-state index is 0.000165. The number of carbonyl (C=O) groups is 1. The SMILES string of the molecule is CCOC(=O)CCc1cc2ccoc2c2c1OC1OC3(CSSC4CCC(CC4NCCO2)C(C)CCCC3O)C2(O)CC3C=CC(O)C(CO)C3C1(O)C2O. The van der Waals surface area contributed by atoms with Crippen molar-refractivity contribution in [1.29, 1.82) is 0 Å². The van der Waals surface area contributed by atoms with Crippen LogP contribution in [-0.4, -0.2) is 121 Å². The zero-order valence-electron chi connectivity index (χ0n) is 32.1. The van der Waals surface area contributed by atoms with Gasteiger partial charge in [0.25, 0.3) is 0 Å². The maximum Gasteiger partial charge on any atom is 0.306 e. The molecule has 2 aromatic rings.